The van der Waals surface area contributed by atoms with Crippen molar-refractivity contribution in [1.29, 1.82) is 0 Å². The monoisotopic (exact) mass is 495 g/mol. The summed E-state index contributed by atoms with van der Waals surface area (Å²) in [5, 5.41) is 5.24. The molecule has 2 aromatic carbocycles. The molecule has 1 saturated heterocycles. The molecule has 4 rings (SSSR count). The normalized spacial score (nSPS) is 15.0. The highest BCUT2D eigenvalue weighted by Crippen LogP contribution is 2.15. The predicted octanol–water partition coefficient (Wildman–Crippen LogP) is 3.21. The van der Waals surface area contributed by atoms with Crippen LogP contribution in [-0.4, -0.2) is 35.6 Å². The van der Waals surface area contributed by atoms with Gasteiger partial charge in [-0.3, -0.25) is 14.4 Å². The summed E-state index contributed by atoms with van der Waals surface area (Å²) in [6.07, 6.45) is 4.82. The van der Waals surface area contributed by atoms with E-state index >= 15 is 0 Å². The third-order valence-electron chi connectivity index (χ3n) is 5.99. The summed E-state index contributed by atoms with van der Waals surface area (Å²) in [7, 11) is 0. The lowest BCUT2D eigenvalue weighted by molar-refractivity contribution is 0.0925. The van der Waals surface area contributed by atoms with Crippen LogP contribution in [0.3, 0.4) is 0 Å². The summed E-state index contributed by atoms with van der Waals surface area (Å²) < 4.78 is 34.6. The first-order valence-corrected chi connectivity index (χ1v) is 11.8. The molecule has 0 unspecified atom stereocenters. The van der Waals surface area contributed by atoms with Crippen molar-refractivity contribution in [2.45, 2.75) is 38.5 Å². The molecule has 2 amide bonds. The molecule has 1 aliphatic heterocycles. The maximum absolute atomic E-state index is 13.9. The molecule has 0 bridgehead atoms. The van der Waals surface area contributed by atoms with Crippen molar-refractivity contribution in [2.75, 3.05) is 13.2 Å². The number of carbonyl (C=O) groups excluding carboxylic acids is 2. The van der Waals surface area contributed by atoms with E-state index in [-0.39, 0.29) is 41.7 Å². The Morgan fingerprint density at radius 2 is 1.75 bits per heavy atom. The number of benzene rings is 2. The smallest absolute Gasteiger partial charge is 0.257 e. The minimum absolute atomic E-state index is 0.0919. The second-order valence-electron chi connectivity index (χ2n) is 8.66. The number of halogens is 2. The molecule has 2 N–H and O–H groups in total. The molecule has 0 spiro atoms. The maximum atomic E-state index is 13.9. The molecular weight excluding hydrogens is 468 g/mol. The SMILES string of the molecule is O=C(NCCc1cccc(F)c1)c1cn(C[C@@H]2CCCO2)cc(C(=O)NCc2ccccc2F)c1=O. The van der Waals surface area contributed by atoms with E-state index in [9.17, 15) is 23.2 Å². The Bertz CT molecular complexity index is 1300. The van der Waals surface area contributed by atoms with Gasteiger partial charge in [-0.1, -0.05) is 30.3 Å². The predicted molar refractivity (Wildman–Crippen MR) is 130 cm³/mol. The Kier molecular flexibility index (Phi) is 8.22. The molecule has 3 aromatic rings. The summed E-state index contributed by atoms with van der Waals surface area (Å²) in [6.45, 7) is 1.07. The molecule has 9 heteroatoms. The summed E-state index contributed by atoms with van der Waals surface area (Å²) in [5.74, 6) is -2.19. The third kappa shape index (κ3) is 6.42. The molecule has 0 saturated carbocycles. The van der Waals surface area contributed by atoms with Crippen molar-refractivity contribution in [3.8, 4) is 0 Å². The van der Waals surface area contributed by atoms with Crippen LogP contribution < -0.4 is 16.1 Å². The van der Waals surface area contributed by atoms with E-state index in [0.29, 0.717) is 25.1 Å². The number of nitrogens with one attached hydrogen (secondary N) is 2. The van der Waals surface area contributed by atoms with E-state index in [4.69, 9.17) is 4.74 Å². The van der Waals surface area contributed by atoms with Crippen LogP contribution in [0.25, 0.3) is 0 Å². The van der Waals surface area contributed by atoms with Gasteiger partial charge in [0.05, 0.1) is 6.10 Å². The Morgan fingerprint density at radius 1 is 1.00 bits per heavy atom. The fourth-order valence-electron chi connectivity index (χ4n) is 4.10. The molecule has 1 fully saturated rings. The molecule has 1 aliphatic rings. The average molecular weight is 496 g/mol. The molecule has 2 heterocycles. The van der Waals surface area contributed by atoms with Crippen LogP contribution in [0, 0.1) is 11.6 Å². The average Bonchev–Trinajstić information content (AvgIpc) is 3.37. The summed E-state index contributed by atoms with van der Waals surface area (Å²) in [5.41, 5.74) is -0.162. The topological polar surface area (TPSA) is 89.4 Å². The standard InChI is InChI=1S/C27H27F2N3O4/c28-20-7-3-5-18(13-20)10-11-30-26(34)22-16-32(15-21-8-4-12-36-21)17-23(25(22)33)27(35)31-14-19-6-1-2-9-24(19)29/h1-3,5-7,9,13,16-17,21H,4,8,10-12,14-15H2,(H,30,34)(H,31,35)/t21-/m0/s1. The lowest BCUT2D eigenvalue weighted by atomic mass is 10.1. The summed E-state index contributed by atoms with van der Waals surface area (Å²) in [4.78, 5) is 38.9. The van der Waals surface area contributed by atoms with Crippen molar-refractivity contribution in [3.05, 3.63) is 105 Å². The molecule has 7 nitrogen and oxygen atoms in total. The van der Waals surface area contributed by atoms with Crippen LogP contribution >= 0.6 is 0 Å². The van der Waals surface area contributed by atoms with Gasteiger partial charge in [0.25, 0.3) is 11.8 Å². The van der Waals surface area contributed by atoms with Crippen molar-refractivity contribution in [3.63, 3.8) is 0 Å². The van der Waals surface area contributed by atoms with Gasteiger partial charge in [0.15, 0.2) is 0 Å². The van der Waals surface area contributed by atoms with E-state index < -0.39 is 23.1 Å². The van der Waals surface area contributed by atoms with Gasteiger partial charge < -0.3 is 19.9 Å². The minimum atomic E-state index is -0.729. The molecule has 1 aromatic heterocycles. The number of aromatic nitrogens is 1. The summed E-state index contributed by atoms with van der Waals surface area (Å²) >= 11 is 0. The van der Waals surface area contributed by atoms with Crippen molar-refractivity contribution in [1.82, 2.24) is 15.2 Å². The van der Waals surface area contributed by atoms with Crippen LogP contribution in [0.4, 0.5) is 8.78 Å². The number of hydrogen-bond donors (Lipinski definition) is 2. The highest BCUT2D eigenvalue weighted by molar-refractivity contribution is 5.99. The van der Waals surface area contributed by atoms with E-state index in [0.717, 1.165) is 12.8 Å². The molecule has 0 aliphatic carbocycles. The molecule has 36 heavy (non-hydrogen) atoms. The summed E-state index contributed by atoms with van der Waals surface area (Å²) in [6, 6.07) is 12.0. The van der Waals surface area contributed by atoms with Crippen LogP contribution in [0.5, 0.6) is 0 Å². The first kappa shape index (κ1) is 25.2. The molecular formula is C27H27F2N3O4. The first-order valence-electron chi connectivity index (χ1n) is 11.8. The fourth-order valence-corrected chi connectivity index (χ4v) is 4.10. The van der Waals surface area contributed by atoms with Gasteiger partial charge >= 0.3 is 0 Å². The van der Waals surface area contributed by atoms with Crippen LogP contribution in [0.15, 0.2) is 65.7 Å². The maximum Gasteiger partial charge on any atom is 0.257 e. The lowest BCUT2D eigenvalue weighted by Gasteiger charge is -2.16. The zero-order valence-electron chi connectivity index (χ0n) is 19.6. The van der Waals surface area contributed by atoms with Gasteiger partial charge in [-0.05, 0) is 43.0 Å². The van der Waals surface area contributed by atoms with Crippen molar-refractivity contribution >= 4 is 11.8 Å². The second-order valence-corrected chi connectivity index (χ2v) is 8.66. The van der Waals surface area contributed by atoms with Gasteiger partial charge in [0.2, 0.25) is 5.43 Å². The number of ether oxygens (including phenoxy) is 1. The van der Waals surface area contributed by atoms with Crippen molar-refractivity contribution in [2.24, 2.45) is 0 Å². The van der Waals surface area contributed by atoms with E-state index in [2.05, 4.69) is 10.6 Å². The number of nitrogens with zero attached hydrogens (tertiary/aromatic N) is 1. The largest absolute Gasteiger partial charge is 0.376 e. The van der Waals surface area contributed by atoms with Crippen molar-refractivity contribution < 1.29 is 23.1 Å². The lowest BCUT2D eigenvalue weighted by Crippen LogP contribution is -2.36. The Balaban J connectivity index is 1.52. The van der Waals surface area contributed by atoms with Gasteiger partial charge in [0.1, 0.15) is 22.8 Å². The zero-order valence-corrected chi connectivity index (χ0v) is 19.6. The first-order chi connectivity index (χ1) is 17.4. The Hall–Kier alpha value is -3.85. The van der Waals surface area contributed by atoms with Gasteiger partial charge in [-0.25, -0.2) is 8.78 Å². The number of amides is 2. The fraction of sp³-hybridized carbons (Fsp3) is 0.296. The Morgan fingerprint density at radius 3 is 2.44 bits per heavy atom. The van der Waals surface area contributed by atoms with Crippen LogP contribution in [-0.2, 0) is 24.2 Å². The molecule has 1 atom stereocenters. The highest BCUT2D eigenvalue weighted by Gasteiger charge is 2.22. The minimum Gasteiger partial charge on any atom is -0.376 e. The molecule has 0 radical (unpaired) electrons. The highest BCUT2D eigenvalue weighted by atomic mass is 19.1. The van der Waals surface area contributed by atoms with E-state index in [1.165, 1.54) is 36.7 Å². The number of carbonyl (C=O) groups is 2. The number of rotatable bonds is 9. The number of hydrogen-bond acceptors (Lipinski definition) is 4. The van der Waals surface area contributed by atoms with Gasteiger partial charge in [-0.2, -0.15) is 0 Å². The van der Waals surface area contributed by atoms with Gasteiger partial charge in [-0.15, -0.1) is 0 Å². The quantitative estimate of drug-likeness (QED) is 0.477. The third-order valence-corrected chi connectivity index (χ3v) is 5.99. The zero-order chi connectivity index (χ0) is 25.5. The van der Waals surface area contributed by atoms with Gasteiger partial charge in [0, 0.05) is 44.2 Å². The van der Waals surface area contributed by atoms with E-state index in [1.807, 2.05) is 0 Å². The van der Waals surface area contributed by atoms with Crippen LogP contribution in [0.2, 0.25) is 0 Å². The number of pyridine rings is 1. The van der Waals surface area contributed by atoms with Crippen LogP contribution in [0.1, 0.15) is 44.7 Å². The molecule has 188 valence electrons. The second kappa shape index (κ2) is 11.7. The van der Waals surface area contributed by atoms with E-state index in [1.54, 1.807) is 28.8 Å². The Labute approximate surface area is 207 Å².